The molecule has 2 aliphatic rings. The Morgan fingerprint density at radius 1 is 1.38 bits per heavy atom. The summed E-state index contributed by atoms with van der Waals surface area (Å²) in [6.45, 7) is -2.88. The molecule has 1 fully saturated rings. The molecule has 21 heavy (non-hydrogen) atoms. The number of hydrogen-bond acceptors (Lipinski definition) is 5. The maximum Gasteiger partial charge on any atom is 0.387 e. The minimum atomic E-state index is -2.88. The van der Waals surface area contributed by atoms with Crippen molar-refractivity contribution in [3.05, 3.63) is 29.8 Å². The van der Waals surface area contributed by atoms with Crippen molar-refractivity contribution in [3.8, 4) is 11.5 Å². The standard InChI is InChI=1S/C14H15F2NO3S/c1-18-12-6-9(2-3-11(12)19-13(15)16)10-7-14(20-17-10)4-5-21-8-14/h2-3,6-7,13,17H,4-5,8H2,1H3. The lowest BCUT2D eigenvalue weighted by Crippen LogP contribution is -2.28. The summed E-state index contributed by atoms with van der Waals surface area (Å²) in [6, 6.07) is 4.82. The average molecular weight is 315 g/mol. The fourth-order valence-corrected chi connectivity index (χ4v) is 3.67. The van der Waals surface area contributed by atoms with Crippen LogP contribution in [-0.2, 0) is 4.84 Å². The van der Waals surface area contributed by atoms with Crippen molar-refractivity contribution in [2.45, 2.75) is 18.6 Å². The Morgan fingerprint density at radius 3 is 2.90 bits per heavy atom. The number of halogens is 2. The number of rotatable bonds is 4. The highest BCUT2D eigenvalue weighted by Crippen LogP contribution is 2.39. The van der Waals surface area contributed by atoms with Gasteiger partial charge in [0.2, 0.25) is 0 Å². The molecule has 1 atom stereocenters. The fourth-order valence-electron chi connectivity index (χ4n) is 2.41. The van der Waals surface area contributed by atoms with Crippen LogP contribution in [-0.4, -0.2) is 30.8 Å². The number of hydroxylamine groups is 1. The number of alkyl halides is 2. The molecule has 0 saturated carbocycles. The molecular weight excluding hydrogens is 300 g/mol. The van der Waals surface area contributed by atoms with Crippen LogP contribution in [0.2, 0.25) is 0 Å². The summed E-state index contributed by atoms with van der Waals surface area (Å²) < 4.78 is 34.1. The van der Waals surface area contributed by atoms with Gasteiger partial charge in [-0.3, -0.25) is 10.3 Å². The normalized spacial score (nSPS) is 24.3. The second-order valence-corrected chi connectivity index (χ2v) is 5.98. The van der Waals surface area contributed by atoms with Crippen molar-refractivity contribution < 1.29 is 23.1 Å². The first-order valence-electron chi connectivity index (χ1n) is 6.50. The van der Waals surface area contributed by atoms with E-state index in [0.717, 1.165) is 29.2 Å². The second kappa shape index (κ2) is 5.73. The first-order valence-corrected chi connectivity index (χ1v) is 7.65. The zero-order valence-corrected chi connectivity index (χ0v) is 12.2. The lowest BCUT2D eigenvalue weighted by molar-refractivity contribution is -0.0512. The molecular formula is C14H15F2NO3S. The summed E-state index contributed by atoms with van der Waals surface area (Å²) >= 11 is 1.85. The molecule has 0 amide bonds. The van der Waals surface area contributed by atoms with E-state index in [1.54, 1.807) is 12.1 Å². The van der Waals surface area contributed by atoms with E-state index in [4.69, 9.17) is 9.57 Å². The molecule has 1 saturated heterocycles. The maximum atomic E-state index is 12.3. The van der Waals surface area contributed by atoms with E-state index in [1.165, 1.54) is 13.2 Å². The average Bonchev–Trinajstić information content (AvgIpc) is 3.09. The van der Waals surface area contributed by atoms with Crippen LogP contribution in [0.15, 0.2) is 24.3 Å². The molecule has 1 N–H and O–H groups in total. The van der Waals surface area contributed by atoms with Gasteiger partial charge >= 0.3 is 6.61 Å². The van der Waals surface area contributed by atoms with Gasteiger partial charge in [-0.05, 0) is 36.4 Å². The molecule has 7 heteroatoms. The van der Waals surface area contributed by atoms with E-state index >= 15 is 0 Å². The lowest BCUT2D eigenvalue weighted by atomic mass is 10.0. The predicted molar refractivity (Wildman–Crippen MR) is 76.5 cm³/mol. The summed E-state index contributed by atoms with van der Waals surface area (Å²) in [6.07, 6.45) is 3.01. The molecule has 114 valence electrons. The quantitative estimate of drug-likeness (QED) is 0.925. The number of methoxy groups -OCH3 is 1. The minimum Gasteiger partial charge on any atom is -0.493 e. The molecule has 1 spiro atoms. The van der Waals surface area contributed by atoms with Crippen molar-refractivity contribution in [1.82, 2.24) is 5.48 Å². The zero-order chi connectivity index (χ0) is 14.9. The van der Waals surface area contributed by atoms with Crippen molar-refractivity contribution in [2.75, 3.05) is 18.6 Å². The number of thioether (sulfide) groups is 1. The van der Waals surface area contributed by atoms with Crippen LogP contribution < -0.4 is 15.0 Å². The Balaban J connectivity index is 1.86. The Morgan fingerprint density at radius 2 is 2.24 bits per heavy atom. The Kier molecular flexibility index (Phi) is 3.95. The second-order valence-electron chi connectivity index (χ2n) is 4.87. The van der Waals surface area contributed by atoms with Gasteiger partial charge in [0, 0.05) is 11.3 Å². The van der Waals surface area contributed by atoms with Crippen LogP contribution in [0.3, 0.4) is 0 Å². The van der Waals surface area contributed by atoms with Gasteiger partial charge in [0.25, 0.3) is 0 Å². The Labute approximate surface area is 125 Å². The van der Waals surface area contributed by atoms with Gasteiger partial charge in [-0.25, -0.2) is 0 Å². The maximum absolute atomic E-state index is 12.3. The van der Waals surface area contributed by atoms with Gasteiger partial charge in [0.15, 0.2) is 11.5 Å². The van der Waals surface area contributed by atoms with Crippen molar-refractivity contribution in [3.63, 3.8) is 0 Å². The molecule has 0 aromatic heterocycles. The Bertz CT molecular complexity index is 559. The molecule has 2 aliphatic heterocycles. The van der Waals surface area contributed by atoms with Crippen LogP contribution in [0, 0.1) is 0 Å². The molecule has 0 bridgehead atoms. The third-order valence-corrected chi connectivity index (χ3v) is 4.66. The zero-order valence-electron chi connectivity index (χ0n) is 11.4. The lowest BCUT2D eigenvalue weighted by Gasteiger charge is -2.16. The number of hydrogen-bond donors (Lipinski definition) is 1. The van der Waals surface area contributed by atoms with Crippen molar-refractivity contribution in [1.29, 1.82) is 0 Å². The summed E-state index contributed by atoms with van der Waals surface area (Å²) in [5.74, 6) is 2.25. The first kappa shape index (κ1) is 14.5. The summed E-state index contributed by atoms with van der Waals surface area (Å²) in [5, 5.41) is 0. The molecule has 1 aromatic rings. The van der Waals surface area contributed by atoms with E-state index in [9.17, 15) is 8.78 Å². The molecule has 2 heterocycles. The van der Waals surface area contributed by atoms with E-state index in [2.05, 4.69) is 16.3 Å². The monoisotopic (exact) mass is 315 g/mol. The topological polar surface area (TPSA) is 39.7 Å². The molecule has 1 aromatic carbocycles. The molecule has 1 unspecified atom stereocenters. The van der Waals surface area contributed by atoms with E-state index in [-0.39, 0.29) is 17.1 Å². The molecule has 0 radical (unpaired) electrons. The molecule has 3 rings (SSSR count). The summed E-state index contributed by atoms with van der Waals surface area (Å²) in [5.41, 5.74) is 4.29. The van der Waals surface area contributed by atoms with Gasteiger partial charge in [0.1, 0.15) is 5.60 Å². The number of nitrogens with one attached hydrogen (secondary N) is 1. The van der Waals surface area contributed by atoms with Gasteiger partial charge in [-0.2, -0.15) is 20.5 Å². The highest BCUT2D eigenvalue weighted by Gasteiger charge is 2.38. The summed E-state index contributed by atoms with van der Waals surface area (Å²) in [7, 11) is 1.42. The highest BCUT2D eigenvalue weighted by molar-refractivity contribution is 7.99. The van der Waals surface area contributed by atoms with Crippen LogP contribution in [0.1, 0.15) is 12.0 Å². The predicted octanol–water partition coefficient (Wildman–Crippen LogP) is 3.05. The van der Waals surface area contributed by atoms with E-state index < -0.39 is 6.61 Å². The van der Waals surface area contributed by atoms with Crippen LogP contribution >= 0.6 is 11.8 Å². The molecule has 0 aliphatic carbocycles. The fraction of sp³-hybridized carbons (Fsp3) is 0.429. The summed E-state index contributed by atoms with van der Waals surface area (Å²) in [4.78, 5) is 5.68. The van der Waals surface area contributed by atoms with Crippen molar-refractivity contribution >= 4 is 17.5 Å². The SMILES string of the molecule is COc1cc(C2=CC3(CCSC3)ON2)ccc1OC(F)F. The smallest absolute Gasteiger partial charge is 0.387 e. The first-order chi connectivity index (χ1) is 10.1. The third-order valence-electron chi connectivity index (χ3n) is 3.48. The van der Waals surface area contributed by atoms with Crippen LogP contribution in [0.4, 0.5) is 8.78 Å². The van der Waals surface area contributed by atoms with Crippen molar-refractivity contribution in [2.24, 2.45) is 0 Å². The van der Waals surface area contributed by atoms with Crippen LogP contribution in [0.25, 0.3) is 5.70 Å². The number of benzene rings is 1. The van der Waals surface area contributed by atoms with Crippen LogP contribution in [0.5, 0.6) is 11.5 Å². The minimum absolute atomic E-state index is 0.0156. The van der Waals surface area contributed by atoms with Gasteiger partial charge in [-0.15, -0.1) is 0 Å². The van der Waals surface area contributed by atoms with E-state index in [0.29, 0.717) is 0 Å². The van der Waals surface area contributed by atoms with Gasteiger partial charge in [-0.1, -0.05) is 0 Å². The number of ether oxygens (including phenoxy) is 2. The Hall–Kier alpha value is -1.47. The molecule has 4 nitrogen and oxygen atoms in total. The van der Waals surface area contributed by atoms with Gasteiger partial charge in [0.05, 0.1) is 12.8 Å². The highest BCUT2D eigenvalue weighted by atomic mass is 32.2. The third kappa shape index (κ3) is 2.94. The van der Waals surface area contributed by atoms with Gasteiger partial charge < -0.3 is 9.47 Å². The van der Waals surface area contributed by atoms with E-state index in [1.807, 2.05) is 11.8 Å². The largest absolute Gasteiger partial charge is 0.493 e.